The topological polar surface area (TPSA) is 63.4 Å². The summed E-state index contributed by atoms with van der Waals surface area (Å²) in [6, 6.07) is 0. The molecule has 0 spiro atoms. The maximum Gasteiger partial charge on any atom is 0.266 e. The van der Waals surface area contributed by atoms with E-state index < -0.39 is 0 Å². The predicted octanol–water partition coefficient (Wildman–Crippen LogP) is -0.371. The van der Waals surface area contributed by atoms with Crippen molar-refractivity contribution in [3.05, 3.63) is 5.89 Å². The maximum absolute atomic E-state index is 5.25. The number of hydrogen-bond acceptors (Lipinski definition) is 6. The minimum atomic E-state index is 0.495. The van der Waals surface area contributed by atoms with E-state index in [1.54, 1.807) is 0 Å². The second kappa shape index (κ2) is 5.49. The molecule has 2 heterocycles. The maximum atomic E-state index is 5.25. The third-order valence-electron chi connectivity index (χ3n) is 2.25. The molecule has 1 saturated heterocycles. The lowest BCUT2D eigenvalue weighted by molar-refractivity contribution is 0.121. The second-order valence-electron chi connectivity index (χ2n) is 3.40. The van der Waals surface area contributed by atoms with Gasteiger partial charge >= 0.3 is 0 Å². The molecule has 0 radical (unpaired) electrons. The molecule has 1 aromatic rings. The fourth-order valence-corrected chi connectivity index (χ4v) is 1.45. The quantitative estimate of drug-likeness (QED) is 0.554. The van der Waals surface area contributed by atoms with Crippen LogP contribution in [0, 0.1) is 12.3 Å². The summed E-state index contributed by atoms with van der Waals surface area (Å²) in [5, 5.41) is 6.90. The van der Waals surface area contributed by atoms with Crippen LogP contribution in [-0.2, 0) is 11.3 Å². The van der Waals surface area contributed by atoms with Gasteiger partial charge in [-0.2, -0.15) is 4.98 Å². The Labute approximate surface area is 94.0 Å². The van der Waals surface area contributed by atoms with Gasteiger partial charge in [-0.15, -0.1) is 6.42 Å². The zero-order valence-electron chi connectivity index (χ0n) is 8.98. The minimum Gasteiger partial charge on any atom is -0.378 e. The molecule has 1 aliphatic rings. The van der Waals surface area contributed by atoms with Crippen LogP contribution in [0.25, 0.3) is 0 Å². The minimum absolute atomic E-state index is 0.495. The first-order valence-electron chi connectivity index (χ1n) is 5.19. The third kappa shape index (κ3) is 2.72. The molecular formula is C10H14N4O2. The Morgan fingerprint density at radius 1 is 1.44 bits per heavy atom. The molecular weight excluding hydrogens is 208 g/mol. The number of ether oxygens (including phenoxy) is 1. The molecule has 1 fully saturated rings. The Kier molecular flexibility index (Phi) is 3.75. The Hall–Kier alpha value is -1.58. The van der Waals surface area contributed by atoms with E-state index in [1.165, 1.54) is 0 Å². The van der Waals surface area contributed by atoms with Gasteiger partial charge < -0.3 is 14.2 Å². The van der Waals surface area contributed by atoms with Crippen molar-refractivity contribution in [1.82, 2.24) is 15.5 Å². The summed E-state index contributed by atoms with van der Waals surface area (Å²) >= 11 is 0. The van der Waals surface area contributed by atoms with E-state index in [2.05, 4.69) is 21.4 Å². The van der Waals surface area contributed by atoms with Crippen molar-refractivity contribution in [2.45, 2.75) is 6.54 Å². The van der Waals surface area contributed by atoms with E-state index in [4.69, 9.17) is 15.7 Å². The van der Waals surface area contributed by atoms with Crippen LogP contribution in [-0.4, -0.2) is 43.0 Å². The van der Waals surface area contributed by atoms with Crippen LogP contribution < -0.4 is 10.2 Å². The molecule has 6 nitrogen and oxygen atoms in total. The molecule has 0 bridgehead atoms. The van der Waals surface area contributed by atoms with Gasteiger partial charge in [0.15, 0.2) is 0 Å². The van der Waals surface area contributed by atoms with E-state index in [1.807, 2.05) is 4.90 Å². The average molecular weight is 222 g/mol. The molecule has 1 aliphatic heterocycles. The van der Waals surface area contributed by atoms with E-state index in [0.29, 0.717) is 38.1 Å². The molecule has 0 atom stereocenters. The molecule has 0 aliphatic carbocycles. The van der Waals surface area contributed by atoms with Crippen LogP contribution in [0.3, 0.4) is 0 Å². The Morgan fingerprint density at radius 2 is 2.25 bits per heavy atom. The Balaban J connectivity index is 1.88. The van der Waals surface area contributed by atoms with Crippen molar-refractivity contribution >= 4 is 5.95 Å². The monoisotopic (exact) mass is 222 g/mol. The van der Waals surface area contributed by atoms with Gasteiger partial charge in [0.25, 0.3) is 5.95 Å². The first-order valence-corrected chi connectivity index (χ1v) is 5.19. The summed E-state index contributed by atoms with van der Waals surface area (Å²) in [5.74, 6) is 3.66. The van der Waals surface area contributed by atoms with Crippen molar-refractivity contribution in [2.75, 3.05) is 37.7 Å². The number of hydrogen-bond donors (Lipinski definition) is 1. The number of nitrogens with zero attached hydrogens (tertiary/aromatic N) is 3. The van der Waals surface area contributed by atoms with Gasteiger partial charge in [0.1, 0.15) is 0 Å². The molecule has 1 N–H and O–H groups in total. The highest BCUT2D eigenvalue weighted by Gasteiger charge is 2.16. The zero-order valence-corrected chi connectivity index (χ0v) is 8.98. The van der Waals surface area contributed by atoms with Crippen LogP contribution in [0.5, 0.6) is 0 Å². The largest absolute Gasteiger partial charge is 0.378 e. The van der Waals surface area contributed by atoms with Gasteiger partial charge in [0.2, 0.25) is 5.89 Å². The first kappa shape index (κ1) is 10.9. The number of morpholine rings is 1. The fraction of sp³-hybridized carbons (Fsp3) is 0.600. The molecule has 0 unspecified atom stereocenters. The van der Waals surface area contributed by atoms with E-state index >= 15 is 0 Å². The van der Waals surface area contributed by atoms with Crippen LogP contribution in [0.1, 0.15) is 5.89 Å². The van der Waals surface area contributed by atoms with E-state index in [0.717, 1.165) is 13.1 Å². The molecule has 1 aromatic heterocycles. The highest BCUT2D eigenvalue weighted by atomic mass is 16.5. The van der Waals surface area contributed by atoms with Gasteiger partial charge in [0.05, 0.1) is 26.3 Å². The lowest BCUT2D eigenvalue weighted by Crippen LogP contribution is -2.36. The van der Waals surface area contributed by atoms with Crippen LogP contribution in [0.2, 0.25) is 0 Å². The predicted molar refractivity (Wildman–Crippen MR) is 57.9 cm³/mol. The lowest BCUT2D eigenvalue weighted by Gasteiger charge is -2.24. The molecule has 0 aromatic carbocycles. The molecule has 16 heavy (non-hydrogen) atoms. The Bertz CT molecular complexity index is 365. The highest BCUT2D eigenvalue weighted by molar-refractivity contribution is 5.27. The highest BCUT2D eigenvalue weighted by Crippen LogP contribution is 2.10. The molecule has 2 rings (SSSR count). The summed E-state index contributed by atoms with van der Waals surface area (Å²) < 4.78 is 10.3. The van der Waals surface area contributed by atoms with Crippen molar-refractivity contribution in [2.24, 2.45) is 0 Å². The summed E-state index contributed by atoms with van der Waals surface area (Å²) in [5.41, 5.74) is 0. The number of terminal acetylenes is 1. The molecule has 0 amide bonds. The lowest BCUT2D eigenvalue weighted by atomic mass is 10.4. The smallest absolute Gasteiger partial charge is 0.266 e. The number of rotatable bonds is 4. The number of nitrogens with one attached hydrogen (secondary N) is 1. The third-order valence-corrected chi connectivity index (χ3v) is 2.25. The fourth-order valence-electron chi connectivity index (χ4n) is 1.45. The average Bonchev–Trinajstić information content (AvgIpc) is 2.79. The summed E-state index contributed by atoms with van der Waals surface area (Å²) in [4.78, 5) is 6.31. The Morgan fingerprint density at radius 3 is 3.00 bits per heavy atom. The molecule has 86 valence electrons. The molecule has 6 heteroatoms. The van der Waals surface area contributed by atoms with Crippen LogP contribution >= 0.6 is 0 Å². The van der Waals surface area contributed by atoms with Crippen LogP contribution in [0.15, 0.2) is 4.52 Å². The van der Waals surface area contributed by atoms with Crippen molar-refractivity contribution in [3.8, 4) is 12.3 Å². The number of anilines is 1. The van der Waals surface area contributed by atoms with Crippen LogP contribution in [0.4, 0.5) is 5.95 Å². The summed E-state index contributed by atoms with van der Waals surface area (Å²) in [6.07, 6.45) is 5.11. The van der Waals surface area contributed by atoms with Gasteiger partial charge in [-0.3, -0.25) is 5.32 Å². The van der Waals surface area contributed by atoms with Gasteiger partial charge in [-0.1, -0.05) is 5.92 Å². The molecule has 0 saturated carbocycles. The summed E-state index contributed by atoms with van der Waals surface area (Å²) in [7, 11) is 0. The second-order valence-corrected chi connectivity index (χ2v) is 3.40. The van der Waals surface area contributed by atoms with E-state index in [-0.39, 0.29) is 0 Å². The van der Waals surface area contributed by atoms with Crippen molar-refractivity contribution in [3.63, 3.8) is 0 Å². The standard InChI is InChI=1S/C10H14N4O2/c1-2-3-11-8-9-12-10(13-16-9)14-4-6-15-7-5-14/h1,11H,3-8H2. The van der Waals surface area contributed by atoms with Gasteiger partial charge in [-0.25, -0.2) is 0 Å². The summed E-state index contributed by atoms with van der Waals surface area (Å²) in [6.45, 7) is 4.02. The van der Waals surface area contributed by atoms with Gasteiger partial charge in [-0.05, 0) is 5.16 Å². The van der Waals surface area contributed by atoms with Gasteiger partial charge in [0, 0.05) is 13.1 Å². The number of aromatic nitrogens is 2. The zero-order chi connectivity index (χ0) is 11.2. The van der Waals surface area contributed by atoms with Crippen molar-refractivity contribution in [1.29, 1.82) is 0 Å². The van der Waals surface area contributed by atoms with E-state index in [9.17, 15) is 0 Å². The first-order chi connectivity index (χ1) is 7.90. The SMILES string of the molecule is C#CCNCc1nc(N2CCOCC2)no1. The van der Waals surface area contributed by atoms with Crippen molar-refractivity contribution < 1.29 is 9.26 Å². The normalized spacial score (nSPS) is 16.1.